The van der Waals surface area contributed by atoms with E-state index in [1.165, 1.54) is 4.90 Å². The Morgan fingerprint density at radius 1 is 1.18 bits per heavy atom. The second-order valence-corrected chi connectivity index (χ2v) is 6.03. The van der Waals surface area contributed by atoms with E-state index in [1.807, 2.05) is 30.7 Å². The monoisotopic (exact) mass is 319 g/mol. The molecule has 1 saturated heterocycles. The number of rotatable bonds is 2. The minimum atomic E-state index is -0.926. The summed E-state index contributed by atoms with van der Waals surface area (Å²) < 4.78 is 0. The summed E-state index contributed by atoms with van der Waals surface area (Å²) in [5.74, 6) is -0.0489. The van der Waals surface area contributed by atoms with E-state index in [-0.39, 0.29) is 5.91 Å². The van der Waals surface area contributed by atoms with Gasteiger partial charge >= 0.3 is 6.09 Å². The topological polar surface area (TPSA) is 76.6 Å². The predicted octanol–water partition coefficient (Wildman–Crippen LogP) is 2.33. The van der Waals surface area contributed by atoms with Gasteiger partial charge in [0.05, 0.1) is 0 Å². The summed E-state index contributed by atoms with van der Waals surface area (Å²) in [4.78, 5) is 30.8. The number of carboxylic acid groups (broad SMARTS) is 1. The third-order valence-corrected chi connectivity index (χ3v) is 4.73. The molecule has 22 heavy (non-hydrogen) atoms. The SMILES string of the molecule is CSc1c[nH]c2cc(C(=O)N3CCN(C(=O)O)CC3)ccc12. The molecule has 2 N–H and O–H groups in total. The number of hydrogen-bond acceptors (Lipinski definition) is 3. The zero-order valence-electron chi connectivity index (χ0n) is 12.2. The van der Waals surface area contributed by atoms with Crippen LogP contribution >= 0.6 is 11.8 Å². The van der Waals surface area contributed by atoms with E-state index in [4.69, 9.17) is 5.11 Å². The summed E-state index contributed by atoms with van der Waals surface area (Å²) in [6.45, 7) is 1.60. The summed E-state index contributed by atoms with van der Waals surface area (Å²) in [6, 6.07) is 5.65. The molecule has 0 atom stereocenters. The molecule has 1 aliphatic heterocycles. The van der Waals surface area contributed by atoms with E-state index in [1.54, 1.807) is 16.7 Å². The van der Waals surface area contributed by atoms with Crippen LogP contribution < -0.4 is 0 Å². The average molecular weight is 319 g/mol. The first kappa shape index (κ1) is 14.8. The van der Waals surface area contributed by atoms with Crippen molar-refractivity contribution in [2.24, 2.45) is 0 Å². The van der Waals surface area contributed by atoms with Crippen LogP contribution in [0.15, 0.2) is 29.3 Å². The predicted molar refractivity (Wildman–Crippen MR) is 85.6 cm³/mol. The number of piperazine rings is 1. The lowest BCUT2D eigenvalue weighted by atomic mass is 10.1. The summed E-state index contributed by atoms with van der Waals surface area (Å²) in [6.07, 6.45) is 3.03. The zero-order chi connectivity index (χ0) is 15.7. The minimum absolute atomic E-state index is 0.0489. The van der Waals surface area contributed by atoms with Gasteiger partial charge in [0.1, 0.15) is 0 Å². The molecule has 1 aromatic heterocycles. The minimum Gasteiger partial charge on any atom is -0.465 e. The van der Waals surface area contributed by atoms with Gasteiger partial charge in [0.2, 0.25) is 0 Å². The standard InChI is InChI=1S/C15H17N3O3S/c1-22-13-9-16-12-8-10(2-3-11(12)13)14(19)17-4-6-18(7-5-17)15(20)21/h2-3,8-9,16H,4-7H2,1H3,(H,20,21). The van der Waals surface area contributed by atoms with Gasteiger partial charge in [0.15, 0.2) is 0 Å². The van der Waals surface area contributed by atoms with Crippen molar-refractivity contribution in [3.8, 4) is 0 Å². The molecule has 1 aliphatic rings. The Kier molecular flexibility index (Phi) is 3.98. The number of carbonyl (C=O) groups excluding carboxylic acids is 1. The van der Waals surface area contributed by atoms with Crippen LogP contribution in [-0.4, -0.2) is 64.3 Å². The maximum atomic E-state index is 12.5. The third kappa shape index (κ3) is 2.64. The lowest BCUT2D eigenvalue weighted by molar-refractivity contribution is 0.0625. The highest BCUT2D eigenvalue weighted by Crippen LogP contribution is 2.27. The van der Waals surface area contributed by atoms with E-state index >= 15 is 0 Å². The summed E-state index contributed by atoms with van der Waals surface area (Å²) in [5.41, 5.74) is 1.57. The number of carbonyl (C=O) groups is 2. The van der Waals surface area contributed by atoms with Crippen LogP contribution in [0, 0.1) is 0 Å². The van der Waals surface area contributed by atoms with Crippen LogP contribution in [0.4, 0.5) is 4.79 Å². The maximum Gasteiger partial charge on any atom is 0.407 e. The molecule has 0 saturated carbocycles. The highest BCUT2D eigenvalue weighted by Gasteiger charge is 2.24. The number of nitrogens with zero attached hydrogens (tertiary/aromatic N) is 2. The molecule has 3 rings (SSSR count). The van der Waals surface area contributed by atoms with Gasteiger partial charge in [-0.25, -0.2) is 4.79 Å². The maximum absolute atomic E-state index is 12.5. The molecule has 0 unspecified atom stereocenters. The Morgan fingerprint density at radius 3 is 2.50 bits per heavy atom. The first-order valence-electron chi connectivity index (χ1n) is 7.02. The van der Waals surface area contributed by atoms with Crippen molar-refractivity contribution < 1.29 is 14.7 Å². The number of aromatic amines is 1. The Hall–Kier alpha value is -2.15. The Balaban J connectivity index is 1.77. The molecule has 2 amide bonds. The Labute approximate surface area is 132 Å². The van der Waals surface area contributed by atoms with Crippen LogP contribution in [0.3, 0.4) is 0 Å². The van der Waals surface area contributed by atoms with E-state index in [0.29, 0.717) is 31.7 Å². The van der Waals surface area contributed by atoms with Crippen molar-refractivity contribution in [1.82, 2.24) is 14.8 Å². The molecule has 7 heteroatoms. The van der Waals surface area contributed by atoms with Crippen molar-refractivity contribution >= 4 is 34.7 Å². The molecule has 0 radical (unpaired) electrons. The smallest absolute Gasteiger partial charge is 0.407 e. The summed E-state index contributed by atoms with van der Waals surface area (Å²) >= 11 is 1.66. The first-order chi connectivity index (χ1) is 10.6. The lowest BCUT2D eigenvalue weighted by Gasteiger charge is -2.33. The lowest BCUT2D eigenvalue weighted by Crippen LogP contribution is -2.50. The summed E-state index contributed by atoms with van der Waals surface area (Å²) in [7, 11) is 0. The van der Waals surface area contributed by atoms with Crippen molar-refractivity contribution in [3.63, 3.8) is 0 Å². The van der Waals surface area contributed by atoms with Crippen molar-refractivity contribution in [2.45, 2.75) is 4.90 Å². The molecule has 116 valence electrons. The van der Waals surface area contributed by atoms with Crippen molar-refractivity contribution in [1.29, 1.82) is 0 Å². The van der Waals surface area contributed by atoms with Gasteiger partial charge in [0, 0.05) is 53.7 Å². The van der Waals surface area contributed by atoms with Crippen LogP contribution in [0.25, 0.3) is 10.9 Å². The van der Waals surface area contributed by atoms with E-state index in [2.05, 4.69) is 4.98 Å². The molecular weight excluding hydrogens is 302 g/mol. The highest BCUT2D eigenvalue weighted by molar-refractivity contribution is 7.98. The number of thioether (sulfide) groups is 1. The molecule has 6 nitrogen and oxygen atoms in total. The normalized spacial score (nSPS) is 15.3. The van der Waals surface area contributed by atoms with Crippen molar-refractivity contribution in [2.75, 3.05) is 32.4 Å². The van der Waals surface area contributed by atoms with E-state index in [9.17, 15) is 9.59 Å². The van der Waals surface area contributed by atoms with Crippen LogP contribution in [0.1, 0.15) is 10.4 Å². The quantitative estimate of drug-likeness (QED) is 0.833. The van der Waals surface area contributed by atoms with Crippen molar-refractivity contribution in [3.05, 3.63) is 30.0 Å². The van der Waals surface area contributed by atoms with Crippen LogP contribution in [0.2, 0.25) is 0 Å². The van der Waals surface area contributed by atoms with Crippen LogP contribution in [0.5, 0.6) is 0 Å². The molecule has 0 aliphatic carbocycles. The molecule has 2 aromatic rings. The zero-order valence-corrected chi connectivity index (χ0v) is 13.0. The Morgan fingerprint density at radius 2 is 1.86 bits per heavy atom. The molecule has 0 spiro atoms. The molecule has 2 heterocycles. The number of H-pyrrole nitrogens is 1. The number of amides is 2. The molecular formula is C15H17N3O3S. The first-order valence-corrected chi connectivity index (χ1v) is 8.25. The number of aromatic nitrogens is 1. The molecule has 1 aromatic carbocycles. The van der Waals surface area contributed by atoms with E-state index < -0.39 is 6.09 Å². The number of fused-ring (bicyclic) bond motifs is 1. The van der Waals surface area contributed by atoms with Gasteiger partial charge in [0.25, 0.3) is 5.91 Å². The fourth-order valence-corrected chi connectivity index (χ4v) is 3.26. The largest absolute Gasteiger partial charge is 0.465 e. The number of nitrogens with one attached hydrogen (secondary N) is 1. The third-order valence-electron chi connectivity index (χ3n) is 3.95. The summed E-state index contributed by atoms with van der Waals surface area (Å²) in [5, 5.41) is 10.1. The van der Waals surface area contributed by atoms with Gasteiger partial charge in [-0.05, 0) is 18.4 Å². The van der Waals surface area contributed by atoms with Gasteiger partial charge in [-0.3, -0.25) is 4.79 Å². The molecule has 1 fully saturated rings. The van der Waals surface area contributed by atoms with Gasteiger partial charge in [-0.2, -0.15) is 0 Å². The second-order valence-electron chi connectivity index (χ2n) is 5.18. The van der Waals surface area contributed by atoms with Gasteiger partial charge in [-0.1, -0.05) is 6.07 Å². The fourth-order valence-electron chi connectivity index (χ4n) is 2.68. The number of benzene rings is 1. The van der Waals surface area contributed by atoms with Gasteiger partial charge < -0.3 is 19.9 Å². The number of hydrogen-bond donors (Lipinski definition) is 2. The average Bonchev–Trinajstić information content (AvgIpc) is 2.96. The van der Waals surface area contributed by atoms with Crippen LogP contribution in [-0.2, 0) is 0 Å². The fraction of sp³-hybridized carbons (Fsp3) is 0.333. The van der Waals surface area contributed by atoms with Gasteiger partial charge in [-0.15, -0.1) is 11.8 Å². The van der Waals surface area contributed by atoms with E-state index in [0.717, 1.165) is 15.8 Å². The molecule has 0 bridgehead atoms. The Bertz CT molecular complexity index is 720. The highest BCUT2D eigenvalue weighted by atomic mass is 32.2. The second kappa shape index (κ2) is 5.92.